The van der Waals surface area contributed by atoms with Crippen LogP contribution in [0.2, 0.25) is 0 Å². The number of aliphatic imine (C=N–C) groups is 1. The van der Waals surface area contributed by atoms with Crippen molar-refractivity contribution in [3.8, 4) is 0 Å². The van der Waals surface area contributed by atoms with E-state index < -0.39 is 11.6 Å². The van der Waals surface area contributed by atoms with Crippen molar-refractivity contribution in [3.05, 3.63) is 132 Å². The lowest BCUT2D eigenvalue weighted by Gasteiger charge is -2.24. The molecule has 0 saturated carbocycles. The molecule has 0 aliphatic carbocycles. The summed E-state index contributed by atoms with van der Waals surface area (Å²) in [4.78, 5) is 18.9. The highest BCUT2D eigenvalue weighted by molar-refractivity contribution is 6.13. The minimum Gasteiger partial charge on any atom is -0.458 e. The molecule has 0 fully saturated rings. The van der Waals surface area contributed by atoms with E-state index in [9.17, 15) is 4.79 Å². The molecule has 0 radical (unpaired) electrons. The summed E-state index contributed by atoms with van der Waals surface area (Å²) in [7, 11) is 0. The Morgan fingerprint density at radius 3 is 1.65 bits per heavy atom. The smallest absolute Gasteiger partial charge is 0.331 e. The molecule has 3 nitrogen and oxygen atoms in total. The van der Waals surface area contributed by atoms with Gasteiger partial charge in [-0.15, -0.1) is 0 Å². The summed E-state index contributed by atoms with van der Waals surface area (Å²) in [6.45, 7) is 5.69. The van der Waals surface area contributed by atoms with Crippen molar-refractivity contribution in [2.45, 2.75) is 38.8 Å². The summed E-state index contributed by atoms with van der Waals surface area (Å²) in [6.07, 6.45) is 0.431. The highest BCUT2D eigenvalue weighted by atomic mass is 16.6. The third kappa shape index (κ3) is 5.62. The summed E-state index contributed by atoms with van der Waals surface area (Å²) in [6, 6.07) is 38.3. The van der Waals surface area contributed by atoms with Crippen LogP contribution in [0, 0.1) is 0 Å². The first-order valence-corrected chi connectivity index (χ1v) is 12.7. The number of nitrogens with zero attached hydrogens (tertiary/aromatic N) is 1. The largest absolute Gasteiger partial charge is 0.458 e. The highest BCUT2D eigenvalue weighted by Crippen LogP contribution is 2.30. The van der Waals surface area contributed by atoms with Crippen molar-refractivity contribution in [2.24, 2.45) is 4.99 Å². The number of carbonyl (C=O) groups excluding carboxylic acids is 1. The SMILES string of the molecule is CC(C)(C)OC(=O)[C@H](Cc1c2ccccc2cc2ccccc12)N=C(c1ccccc1)c1ccccc1. The zero-order valence-corrected chi connectivity index (χ0v) is 21.5. The van der Waals surface area contributed by atoms with E-state index in [2.05, 4.69) is 30.3 Å². The van der Waals surface area contributed by atoms with Gasteiger partial charge in [0.15, 0.2) is 6.04 Å². The predicted molar refractivity (Wildman–Crippen MR) is 153 cm³/mol. The van der Waals surface area contributed by atoms with E-state index in [1.165, 1.54) is 0 Å². The Labute approximate surface area is 218 Å². The number of ether oxygens (including phenoxy) is 1. The van der Waals surface area contributed by atoms with Crippen LogP contribution in [-0.4, -0.2) is 23.3 Å². The molecule has 0 aliphatic heterocycles. The van der Waals surface area contributed by atoms with Gasteiger partial charge in [-0.05, 0) is 53.9 Å². The molecule has 0 unspecified atom stereocenters. The van der Waals surface area contributed by atoms with Crippen LogP contribution in [0.1, 0.15) is 37.5 Å². The van der Waals surface area contributed by atoms with Crippen molar-refractivity contribution in [2.75, 3.05) is 0 Å². The van der Waals surface area contributed by atoms with E-state index in [0.29, 0.717) is 6.42 Å². The van der Waals surface area contributed by atoms with Crippen LogP contribution in [0.3, 0.4) is 0 Å². The zero-order valence-electron chi connectivity index (χ0n) is 21.5. The maximum absolute atomic E-state index is 13.7. The molecular formula is C34H31NO2. The maximum Gasteiger partial charge on any atom is 0.331 e. The lowest BCUT2D eigenvalue weighted by atomic mass is 9.92. The number of fused-ring (bicyclic) bond motifs is 2. The maximum atomic E-state index is 13.7. The first kappa shape index (κ1) is 24.5. The lowest BCUT2D eigenvalue weighted by molar-refractivity contribution is -0.156. The molecule has 5 aromatic carbocycles. The van der Waals surface area contributed by atoms with Crippen LogP contribution in [0.4, 0.5) is 0 Å². The first-order valence-electron chi connectivity index (χ1n) is 12.7. The number of hydrogen-bond donors (Lipinski definition) is 0. The second kappa shape index (κ2) is 10.4. The minimum absolute atomic E-state index is 0.325. The van der Waals surface area contributed by atoms with Gasteiger partial charge >= 0.3 is 5.97 Å². The fourth-order valence-corrected chi connectivity index (χ4v) is 4.74. The van der Waals surface area contributed by atoms with Gasteiger partial charge in [-0.25, -0.2) is 4.79 Å². The lowest BCUT2D eigenvalue weighted by Crippen LogP contribution is -2.33. The Bertz CT molecular complexity index is 1470. The summed E-state index contributed by atoms with van der Waals surface area (Å²) in [5.74, 6) is -0.325. The topological polar surface area (TPSA) is 38.7 Å². The van der Waals surface area contributed by atoms with E-state index in [1.54, 1.807) is 0 Å². The van der Waals surface area contributed by atoms with Crippen molar-refractivity contribution >= 4 is 33.2 Å². The van der Waals surface area contributed by atoms with Crippen LogP contribution in [-0.2, 0) is 16.0 Å². The Morgan fingerprint density at radius 2 is 1.16 bits per heavy atom. The summed E-state index contributed by atoms with van der Waals surface area (Å²) in [5, 5.41) is 4.56. The van der Waals surface area contributed by atoms with Crippen LogP contribution in [0.25, 0.3) is 21.5 Å². The van der Waals surface area contributed by atoms with Gasteiger partial charge < -0.3 is 4.74 Å². The van der Waals surface area contributed by atoms with Gasteiger partial charge in [0.2, 0.25) is 0 Å². The standard InChI is InChI=1S/C34H31NO2/c1-34(2,3)37-33(36)31(35-32(24-14-6-4-7-15-24)25-16-8-5-9-17-25)23-30-28-20-12-10-18-26(28)22-27-19-11-13-21-29(27)30/h4-22,31H,23H2,1-3H3/t31-/m0/s1. The van der Waals surface area contributed by atoms with E-state index >= 15 is 0 Å². The molecule has 37 heavy (non-hydrogen) atoms. The predicted octanol–water partition coefficient (Wildman–Crippen LogP) is 7.78. The molecule has 5 aromatic rings. The quantitative estimate of drug-likeness (QED) is 0.140. The number of benzene rings is 5. The van der Waals surface area contributed by atoms with E-state index in [0.717, 1.165) is 43.9 Å². The van der Waals surface area contributed by atoms with Crippen LogP contribution < -0.4 is 0 Å². The number of rotatable bonds is 6. The molecule has 5 rings (SSSR count). The third-order valence-electron chi connectivity index (χ3n) is 6.34. The van der Waals surface area contributed by atoms with Gasteiger partial charge in [0, 0.05) is 17.5 Å². The van der Waals surface area contributed by atoms with E-state index in [1.807, 2.05) is 106 Å². The minimum atomic E-state index is -0.719. The summed E-state index contributed by atoms with van der Waals surface area (Å²) < 4.78 is 5.92. The number of carbonyl (C=O) groups is 1. The zero-order chi connectivity index (χ0) is 25.8. The second-order valence-electron chi connectivity index (χ2n) is 10.3. The van der Waals surface area contributed by atoms with Gasteiger partial charge in [-0.3, -0.25) is 4.99 Å². The normalized spacial score (nSPS) is 12.3. The molecule has 0 aliphatic rings. The van der Waals surface area contributed by atoms with Crippen molar-refractivity contribution in [1.82, 2.24) is 0 Å². The molecule has 184 valence electrons. The highest BCUT2D eigenvalue weighted by Gasteiger charge is 2.27. The Morgan fingerprint density at radius 1 is 0.703 bits per heavy atom. The molecule has 0 N–H and O–H groups in total. The first-order chi connectivity index (χ1) is 17.9. The van der Waals surface area contributed by atoms with Crippen LogP contribution in [0.5, 0.6) is 0 Å². The molecular weight excluding hydrogens is 454 g/mol. The van der Waals surface area contributed by atoms with E-state index in [-0.39, 0.29) is 5.97 Å². The molecule has 0 aromatic heterocycles. The average Bonchev–Trinajstić information content (AvgIpc) is 2.90. The fourth-order valence-electron chi connectivity index (χ4n) is 4.74. The van der Waals surface area contributed by atoms with Gasteiger partial charge in [0.25, 0.3) is 0 Å². The van der Waals surface area contributed by atoms with Crippen molar-refractivity contribution < 1.29 is 9.53 Å². The molecule has 3 heteroatoms. The third-order valence-corrected chi connectivity index (χ3v) is 6.34. The average molecular weight is 486 g/mol. The molecule has 0 spiro atoms. The monoisotopic (exact) mass is 485 g/mol. The molecule has 0 bridgehead atoms. The van der Waals surface area contributed by atoms with Crippen LogP contribution in [0.15, 0.2) is 120 Å². The summed E-state index contributed by atoms with van der Waals surface area (Å²) >= 11 is 0. The van der Waals surface area contributed by atoms with Crippen molar-refractivity contribution in [1.29, 1.82) is 0 Å². The summed E-state index contributed by atoms with van der Waals surface area (Å²) in [5.41, 5.74) is 3.19. The fraction of sp³-hybridized carbons (Fsp3) is 0.176. The second-order valence-corrected chi connectivity index (χ2v) is 10.3. The Kier molecular flexibility index (Phi) is 6.87. The van der Waals surface area contributed by atoms with E-state index in [4.69, 9.17) is 9.73 Å². The van der Waals surface area contributed by atoms with Crippen molar-refractivity contribution in [3.63, 3.8) is 0 Å². The molecule has 0 heterocycles. The van der Waals surface area contributed by atoms with Gasteiger partial charge in [0.05, 0.1) is 5.71 Å². The van der Waals surface area contributed by atoms with Gasteiger partial charge in [0.1, 0.15) is 5.60 Å². The molecule has 0 saturated heterocycles. The molecule has 0 amide bonds. The Hall–Kier alpha value is -4.24. The number of hydrogen-bond acceptors (Lipinski definition) is 3. The van der Waals surface area contributed by atoms with Gasteiger partial charge in [-0.2, -0.15) is 0 Å². The van der Waals surface area contributed by atoms with Gasteiger partial charge in [-0.1, -0.05) is 109 Å². The van der Waals surface area contributed by atoms with Crippen LogP contribution >= 0.6 is 0 Å². The molecule has 1 atom stereocenters. The Balaban J connectivity index is 1.70. The number of esters is 1.